The average Bonchev–Trinajstić information content (AvgIpc) is 3.12. The van der Waals surface area contributed by atoms with Crippen LogP contribution in [0.25, 0.3) is 10.9 Å². The standard InChI is InChI=1S/C22H23N3O3/c26-21(10-17-11-23-20-9-5-4-8-19(17)20)24-12-18-14-25(22(27)15-28-18)13-16-6-2-1-3-7-16/h1-9,11,18,23H,10,12-15H2,(H,24,26). The van der Waals surface area contributed by atoms with Crippen molar-refractivity contribution in [3.8, 4) is 0 Å². The predicted molar refractivity (Wildman–Crippen MR) is 107 cm³/mol. The Kier molecular flexibility index (Phi) is 5.39. The highest BCUT2D eigenvalue weighted by atomic mass is 16.5. The number of fused-ring (bicyclic) bond motifs is 1. The molecule has 2 aromatic carbocycles. The van der Waals surface area contributed by atoms with Crippen LogP contribution in [0.15, 0.2) is 60.8 Å². The molecule has 6 heteroatoms. The molecule has 1 saturated heterocycles. The van der Waals surface area contributed by atoms with Crippen molar-refractivity contribution < 1.29 is 14.3 Å². The number of morpholine rings is 1. The number of carbonyl (C=O) groups excluding carboxylic acids is 2. The molecule has 2 heterocycles. The molecule has 0 spiro atoms. The third-order valence-electron chi connectivity index (χ3n) is 4.99. The Morgan fingerprint density at radius 3 is 2.79 bits per heavy atom. The number of hydrogen-bond acceptors (Lipinski definition) is 3. The summed E-state index contributed by atoms with van der Waals surface area (Å²) in [6.07, 6.45) is 1.98. The molecule has 1 aliphatic rings. The Bertz CT molecular complexity index is 967. The molecule has 1 unspecified atom stereocenters. The maximum absolute atomic E-state index is 12.4. The Morgan fingerprint density at radius 2 is 1.93 bits per heavy atom. The van der Waals surface area contributed by atoms with Gasteiger partial charge in [-0.25, -0.2) is 0 Å². The number of rotatable bonds is 6. The molecule has 2 N–H and O–H groups in total. The third kappa shape index (κ3) is 4.23. The van der Waals surface area contributed by atoms with Crippen molar-refractivity contribution in [2.45, 2.75) is 19.1 Å². The molecule has 1 fully saturated rings. The first-order valence-corrected chi connectivity index (χ1v) is 9.44. The molecule has 0 saturated carbocycles. The molecule has 0 aliphatic carbocycles. The van der Waals surface area contributed by atoms with Gasteiger partial charge in [-0.3, -0.25) is 9.59 Å². The molecule has 0 bridgehead atoms. The normalized spacial score (nSPS) is 17.1. The van der Waals surface area contributed by atoms with E-state index in [1.807, 2.05) is 60.8 Å². The second kappa shape index (κ2) is 8.27. The number of aromatic amines is 1. The second-order valence-corrected chi connectivity index (χ2v) is 7.03. The molecule has 2 amide bonds. The Balaban J connectivity index is 1.30. The van der Waals surface area contributed by atoms with Gasteiger partial charge in [-0.15, -0.1) is 0 Å². The second-order valence-electron chi connectivity index (χ2n) is 7.03. The number of para-hydroxylation sites is 1. The summed E-state index contributed by atoms with van der Waals surface area (Å²) in [7, 11) is 0. The monoisotopic (exact) mass is 377 g/mol. The molecule has 1 atom stereocenters. The topological polar surface area (TPSA) is 74.4 Å². The van der Waals surface area contributed by atoms with Crippen molar-refractivity contribution in [2.24, 2.45) is 0 Å². The van der Waals surface area contributed by atoms with E-state index >= 15 is 0 Å². The van der Waals surface area contributed by atoms with Gasteiger partial charge in [0, 0.05) is 36.7 Å². The van der Waals surface area contributed by atoms with E-state index in [0.29, 0.717) is 26.1 Å². The van der Waals surface area contributed by atoms with E-state index in [9.17, 15) is 9.59 Å². The minimum atomic E-state index is -0.201. The van der Waals surface area contributed by atoms with Crippen molar-refractivity contribution in [3.05, 3.63) is 71.9 Å². The highest BCUT2D eigenvalue weighted by Gasteiger charge is 2.26. The van der Waals surface area contributed by atoms with Crippen LogP contribution in [0.5, 0.6) is 0 Å². The number of aromatic nitrogens is 1. The molecule has 144 valence electrons. The zero-order chi connectivity index (χ0) is 19.3. The quantitative estimate of drug-likeness (QED) is 0.692. The molecule has 1 aliphatic heterocycles. The summed E-state index contributed by atoms with van der Waals surface area (Å²) in [5.41, 5.74) is 3.08. The number of H-pyrrole nitrogens is 1. The van der Waals surface area contributed by atoms with Crippen LogP contribution in [0.2, 0.25) is 0 Å². The van der Waals surface area contributed by atoms with E-state index in [0.717, 1.165) is 22.0 Å². The molecular formula is C22H23N3O3. The van der Waals surface area contributed by atoms with E-state index in [4.69, 9.17) is 4.74 Å². The molecule has 4 rings (SSSR count). The molecule has 1 aromatic heterocycles. The van der Waals surface area contributed by atoms with Crippen molar-refractivity contribution in [1.82, 2.24) is 15.2 Å². The molecule has 28 heavy (non-hydrogen) atoms. The lowest BCUT2D eigenvalue weighted by molar-refractivity contribution is -0.149. The minimum Gasteiger partial charge on any atom is -0.365 e. The fourth-order valence-electron chi connectivity index (χ4n) is 3.50. The lowest BCUT2D eigenvalue weighted by Crippen LogP contribution is -2.50. The van der Waals surface area contributed by atoms with Gasteiger partial charge in [-0.1, -0.05) is 48.5 Å². The third-order valence-corrected chi connectivity index (χ3v) is 4.99. The lowest BCUT2D eigenvalue weighted by atomic mass is 10.1. The highest BCUT2D eigenvalue weighted by Crippen LogP contribution is 2.18. The van der Waals surface area contributed by atoms with Gasteiger partial charge in [-0.05, 0) is 17.2 Å². The number of amides is 2. The Labute approximate surface area is 163 Å². The predicted octanol–water partition coefficient (Wildman–Crippen LogP) is 2.25. The van der Waals surface area contributed by atoms with E-state index in [2.05, 4.69) is 10.3 Å². The van der Waals surface area contributed by atoms with E-state index in [1.54, 1.807) is 4.90 Å². The lowest BCUT2D eigenvalue weighted by Gasteiger charge is -2.33. The van der Waals surface area contributed by atoms with E-state index < -0.39 is 0 Å². The average molecular weight is 377 g/mol. The van der Waals surface area contributed by atoms with Crippen molar-refractivity contribution in [3.63, 3.8) is 0 Å². The first kappa shape index (κ1) is 18.3. The molecular weight excluding hydrogens is 354 g/mol. The summed E-state index contributed by atoms with van der Waals surface area (Å²) < 4.78 is 5.60. The SMILES string of the molecule is O=C(Cc1c[nH]c2ccccc12)NCC1CN(Cc2ccccc2)C(=O)CO1. The van der Waals surface area contributed by atoms with Gasteiger partial charge >= 0.3 is 0 Å². The van der Waals surface area contributed by atoms with E-state index in [1.165, 1.54) is 0 Å². The highest BCUT2D eigenvalue weighted by molar-refractivity contribution is 5.88. The Morgan fingerprint density at radius 1 is 1.14 bits per heavy atom. The summed E-state index contributed by atoms with van der Waals surface area (Å²) in [5.74, 6) is -0.0786. The number of carbonyl (C=O) groups is 2. The number of nitrogens with one attached hydrogen (secondary N) is 2. The number of benzene rings is 2. The molecule has 6 nitrogen and oxygen atoms in total. The van der Waals surface area contributed by atoms with Crippen LogP contribution in [0.1, 0.15) is 11.1 Å². The Hall–Kier alpha value is -3.12. The first-order chi connectivity index (χ1) is 13.7. The van der Waals surface area contributed by atoms with Crippen LogP contribution < -0.4 is 5.32 Å². The van der Waals surface area contributed by atoms with Crippen LogP contribution in [-0.2, 0) is 27.3 Å². The van der Waals surface area contributed by atoms with Crippen LogP contribution >= 0.6 is 0 Å². The van der Waals surface area contributed by atoms with Gasteiger partial charge in [0.15, 0.2) is 0 Å². The fourth-order valence-corrected chi connectivity index (χ4v) is 3.50. The summed E-state index contributed by atoms with van der Waals surface area (Å²) in [5, 5.41) is 4.00. The maximum atomic E-state index is 12.4. The molecule has 0 radical (unpaired) electrons. The smallest absolute Gasteiger partial charge is 0.248 e. The van der Waals surface area contributed by atoms with Crippen LogP contribution in [-0.4, -0.2) is 47.5 Å². The van der Waals surface area contributed by atoms with Crippen LogP contribution in [0, 0.1) is 0 Å². The van der Waals surface area contributed by atoms with Gasteiger partial charge < -0.3 is 19.9 Å². The summed E-state index contributed by atoms with van der Waals surface area (Å²) in [6.45, 7) is 1.47. The van der Waals surface area contributed by atoms with Crippen molar-refractivity contribution >= 4 is 22.7 Å². The van der Waals surface area contributed by atoms with Crippen LogP contribution in [0.3, 0.4) is 0 Å². The van der Waals surface area contributed by atoms with Crippen molar-refractivity contribution in [1.29, 1.82) is 0 Å². The largest absolute Gasteiger partial charge is 0.365 e. The van der Waals surface area contributed by atoms with E-state index in [-0.39, 0.29) is 24.5 Å². The summed E-state index contributed by atoms with van der Waals surface area (Å²) in [4.78, 5) is 29.5. The van der Waals surface area contributed by atoms with Gasteiger partial charge in [0.05, 0.1) is 12.5 Å². The summed E-state index contributed by atoms with van der Waals surface area (Å²) >= 11 is 0. The first-order valence-electron chi connectivity index (χ1n) is 9.44. The number of hydrogen-bond donors (Lipinski definition) is 2. The number of ether oxygens (including phenoxy) is 1. The number of nitrogens with zero attached hydrogens (tertiary/aromatic N) is 1. The minimum absolute atomic E-state index is 0.0229. The van der Waals surface area contributed by atoms with Gasteiger partial charge in [-0.2, -0.15) is 0 Å². The molecule has 3 aromatic rings. The van der Waals surface area contributed by atoms with Gasteiger partial charge in [0.1, 0.15) is 6.61 Å². The summed E-state index contributed by atoms with van der Waals surface area (Å²) in [6, 6.07) is 17.8. The maximum Gasteiger partial charge on any atom is 0.248 e. The van der Waals surface area contributed by atoms with Crippen LogP contribution in [0.4, 0.5) is 0 Å². The fraction of sp³-hybridized carbons (Fsp3) is 0.273. The zero-order valence-electron chi connectivity index (χ0n) is 15.6. The van der Waals surface area contributed by atoms with Gasteiger partial charge in [0.2, 0.25) is 11.8 Å². The van der Waals surface area contributed by atoms with Crippen molar-refractivity contribution in [2.75, 3.05) is 19.7 Å². The van der Waals surface area contributed by atoms with Gasteiger partial charge in [0.25, 0.3) is 0 Å². The zero-order valence-corrected chi connectivity index (χ0v) is 15.6.